The van der Waals surface area contributed by atoms with Gasteiger partial charge in [0.25, 0.3) is 0 Å². The van der Waals surface area contributed by atoms with Crippen molar-refractivity contribution in [1.82, 2.24) is 10.3 Å². The molecular formula is C30H34N4O3. The van der Waals surface area contributed by atoms with Crippen molar-refractivity contribution in [2.75, 3.05) is 18.5 Å². The molecule has 2 heterocycles. The van der Waals surface area contributed by atoms with Crippen LogP contribution in [0.25, 0.3) is 22.4 Å². The second-order valence-electron chi connectivity index (χ2n) is 10.4. The van der Waals surface area contributed by atoms with Crippen LogP contribution < -0.4 is 16.4 Å². The van der Waals surface area contributed by atoms with Crippen LogP contribution in [0.15, 0.2) is 66.9 Å². The summed E-state index contributed by atoms with van der Waals surface area (Å²) < 4.78 is 5.31. The van der Waals surface area contributed by atoms with Crippen molar-refractivity contribution in [2.24, 2.45) is 11.7 Å². The van der Waals surface area contributed by atoms with Gasteiger partial charge in [0.1, 0.15) is 0 Å². The summed E-state index contributed by atoms with van der Waals surface area (Å²) >= 11 is 0. The molecule has 0 atom stereocenters. The smallest absolute Gasteiger partial charge is 0.224 e. The first kappa shape index (κ1) is 25.1. The molecule has 7 heteroatoms. The Labute approximate surface area is 217 Å². The second-order valence-corrected chi connectivity index (χ2v) is 10.4. The highest BCUT2D eigenvalue weighted by molar-refractivity contribution is 5.93. The van der Waals surface area contributed by atoms with Gasteiger partial charge in [-0.05, 0) is 48.8 Å². The van der Waals surface area contributed by atoms with Gasteiger partial charge in [-0.2, -0.15) is 0 Å². The third-order valence-corrected chi connectivity index (χ3v) is 7.44. The molecular weight excluding hydrogens is 464 g/mol. The quantitative estimate of drug-likeness (QED) is 0.441. The van der Waals surface area contributed by atoms with Crippen LogP contribution in [0, 0.1) is 5.92 Å². The molecule has 1 aliphatic heterocycles. The number of rotatable bonds is 7. The summed E-state index contributed by atoms with van der Waals surface area (Å²) in [5.74, 6) is 0.340. The Morgan fingerprint density at radius 2 is 1.70 bits per heavy atom. The summed E-state index contributed by atoms with van der Waals surface area (Å²) in [6, 6.07) is 20.5. The van der Waals surface area contributed by atoms with E-state index in [-0.39, 0.29) is 17.9 Å². The number of hydrogen-bond donors (Lipinski definition) is 3. The molecule has 2 aliphatic rings. The van der Waals surface area contributed by atoms with Gasteiger partial charge in [-0.25, -0.2) is 0 Å². The maximum Gasteiger partial charge on any atom is 0.224 e. The molecule has 1 saturated heterocycles. The fourth-order valence-corrected chi connectivity index (χ4v) is 5.32. The van der Waals surface area contributed by atoms with E-state index in [9.17, 15) is 9.59 Å². The Morgan fingerprint density at radius 1 is 1.00 bits per heavy atom. The third-order valence-electron chi connectivity index (χ3n) is 7.44. The molecule has 4 N–H and O–H groups in total. The van der Waals surface area contributed by atoms with E-state index >= 15 is 0 Å². The summed E-state index contributed by atoms with van der Waals surface area (Å²) in [7, 11) is 0. The molecule has 192 valence electrons. The van der Waals surface area contributed by atoms with Crippen LogP contribution in [0.4, 0.5) is 5.69 Å². The van der Waals surface area contributed by atoms with Crippen LogP contribution in [0.3, 0.4) is 0 Å². The monoisotopic (exact) mass is 498 g/mol. The molecule has 37 heavy (non-hydrogen) atoms. The zero-order valence-corrected chi connectivity index (χ0v) is 21.2. The molecule has 0 spiro atoms. The molecule has 2 aromatic carbocycles. The lowest BCUT2D eigenvalue weighted by atomic mass is 9.84. The minimum atomic E-state index is -0.411. The van der Waals surface area contributed by atoms with Crippen molar-refractivity contribution in [3.8, 4) is 22.4 Å². The maximum atomic E-state index is 12.9. The predicted octanol–water partition coefficient (Wildman–Crippen LogP) is 4.62. The Kier molecular flexibility index (Phi) is 7.35. The number of nitrogens with zero attached hydrogens (tertiary/aromatic N) is 1. The maximum absolute atomic E-state index is 12.9. The lowest BCUT2D eigenvalue weighted by Crippen LogP contribution is -2.54. The van der Waals surface area contributed by atoms with E-state index in [1.807, 2.05) is 48.5 Å². The number of amides is 2. The number of carbonyl (C=O) groups is 2. The minimum absolute atomic E-state index is 0.00291. The minimum Gasteiger partial charge on any atom is -0.377 e. The fraction of sp³-hybridized carbons (Fsp3) is 0.367. The van der Waals surface area contributed by atoms with Crippen LogP contribution in [0.1, 0.15) is 44.6 Å². The Hall–Kier alpha value is -3.55. The molecule has 1 saturated carbocycles. The van der Waals surface area contributed by atoms with Crippen LogP contribution in [0.2, 0.25) is 0 Å². The summed E-state index contributed by atoms with van der Waals surface area (Å²) in [5, 5.41) is 6.06. The first-order valence-electron chi connectivity index (χ1n) is 13.0. The highest BCUT2D eigenvalue weighted by Gasteiger charge is 2.35. The molecule has 1 aromatic heterocycles. The summed E-state index contributed by atoms with van der Waals surface area (Å²) in [6.07, 6.45) is 5.92. The average Bonchev–Trinajstić information content (AvgIpc) is 2.89. The number of pyridine rings is 1. The normalized spacial score (nSPS) is 20.5. The van der Waals surface area contributed by atoms with Gasteiger partial charge in [-0.3, -0.25) is 14.6 Å². The van der Waals surface area contributed by atoms with E-state index in [0.717, 1.165) is 53.6 Å². The molecule has 2 amide bonds. The molecule has 0 bridgehead atoms. The molecule has 3 aromatic rings. The van der Waals surface area contributed by atoms with Gasteiger partial charge in [0, 0.05) is 30.5 Å². The van der Waals surface area contributed by atoms with Crippen molar-refractivity contribution >= 4 is 17.5 Å². The van der Waals surface area contributed by atoms with Crippen LogP contribution in [-0.4, -0.2) is 36.1 Å². The van der Waals surface area contributed by atoms with Gasteiger partial charge in [-0.1, -0.05) is 54.6 Å². The standard InChI is InChI=1S/C30H34N4O3/c1-20(35)33-25-13-7-21(8-14-25)15-28(36)34-26-16-27(22-5-3-2-4-6-22)29(32-17-26)23-9-11-24(12-10-23)30(31)18-37-19-30/h2-6,9-12,16-17,21,25H,7-8,13-15,18-19,31H2,1H3,(H,33,35)(H,34,36). The number of carbonyl (C=O) groups excluding carboxylic acids is 2. The number of benzene rings is 2. The van der Waals surface area contributed by atoms with Gasteiger partial charge < -0.3 is 21.1 Å². The molecule has 0 unspecified atom stereocenters. The van der Waals surface area contributed by atoms with Gasteiger partial charge >= 0.3 is 0 Å². The van der Waals surface area contributed by atoms with Crippen LogP contribution in [0.5, 0.6) is 0 Å². The van der Waals surface area contributed by atoms with Gasteiger partial charge in [0.05, 0.1) is 36.3 Å². The Bertz CT molecular complexity index is 1250. The first-order chi connectivity index (χ1) is 17.9. The number of hydrogen-bond acceptors (Lipinski definition) is 5. The number of nitrogens with two attached hydrogens (primary N) is 1. The molecule has 1 aliphatic carbocycles. The molecule has 2 fully saturated rings. The van der Waals surface area contributed by atoms with Gasteiger partial charge in [0.15, 0.2) is 0 Å². The van der Waals surface area contributed by atoms with Gasteiger partial charge in [0.2, 0.25) is 11.8 Å². The lowest BCUT2D eigenvalue weighted by Gasteiger charge is -2.38. The van der Waals surface area contributed by atoms with Gasteiger partial charge in [-0.15, -0.1) is 0 Å². The van der Waals surface area contributed by atoms with E-state index < -0.39 is 5.54 Å². The topological polar surface area (TPSA) is 106 Å². The van der Waals surface area contributed by atoms with Crippen molar-refractivity contribution in [2.45, 2.75) is 50.6 Å². The number of ether oxygens (including phenoxy) is 1. The van der Waals surface area contributed by atoms with E-state index in [0.29, 0.717) is 31.2 Å². The highest BCUT2D eigenvalue weighted by atomic mass is 16.5. The van der Waals surface area contributed by atoms with Crippen molar-refractivity contribution in [3.63, 3.8) is 0 Å². The molecule has 7 nitrogen and oxygen atoms in total. The fourth-order valence-electron chi connectivity index (χ4n) is 5.32. The zero-order valence-electron chi connectivity index (χ0n) is 21.2. The lowest BCUT2D eigenvalue weighted by molar-refractivity contribution is -0.120. The number of aromatic nitrogens is 1. The first-order valence-corrected chi connectivity index (χ1v) is 13.0. The van der Waals surface area contributed by atoms with Crippen molar-refractivity contribution in [3.05, 3.63) is 72.4 Å². The summed E-state index contributed by atoms with van der Waals surface area (Å²) in [4.78, 5) is 29.0. The van der Waals surface area contributed by atoms with E-state index in [1.165, 1.54) is 0 Å². The average molecular weight is 499 g/mol. The van der Waals surface area contributed by atoms with Crippen molar-refractivity contribution < 1.29 is 14.3 Å². The van der Waals surface area contributed by atoms with Crippen LogP contribution >= 0.6 is 0 Å². The SMILES string of the molecule is CC(=O)NC1CCC(CC(=O)Nc2cnc(-c3ccc(C4(N)COC4)cc3)c(-c3ccccc3)c2)CC1. The number of nitrogens with one attached hydrogen (secondary N) is 2. The Morgan fingerprint density at radius 3 is 2.32 bits per heavy atom. The highest BCUT2D eigenvalue weighted by Crippen LogP contribution is 2.35. The van der Waals surface area contributed by atoms with Crippen LogP contribution in [-0.2, 0) is 19.9 Å². The Balaban J connectivity index is 1.31. The van der Waals surface area contributed by atoms with E-state index in [2.05, 4.69) is 22.8 Å². The predicted molar refractivity (Wildman–Crippen MR) is 145 cm³/mol. The third kappa shape index (κ3) is 5.89. The summed E-state index contributed by atoms with van der Waals surface area (Å²) in [6.45, 7) is 2.62. The molecule has 5 rings (SSSR count). The summed E-state index contributed by atoms with van der Waals surface area (Å²) in [5.41, 5.74) is 11.5. The number of anilines is 1. The largest absolute Gasteiger partial charge is 0.377 e. The second kappa shape index (κ2) is 10.8. The zero-order chi connectivity index (χ0) is 25.8. The van der Waals surface area contributed by atoms with E-state index in [4.69, 9.17) is 15.5 Å². The molecule has 0 radical (unpaired) electrons. The van der Waals surface area contributed by atoms with E-state index in [1.54, 1.807) is 13.1 Å². The van der Waals surface area contributed by atoms with Crippen molar-refractivity contribution in [1.29, 1.82) is 0 Å².